The summed E-state index contributed by atoms with van der Waals surface area (Å²) < 4.78 is 9.09. The van der Waals surface area contributed by atoms with E-state index in [0.29, 0.717) is 0 Å². The molecule has 4 heteroatoms. The van der Waals surface area contributed by atoms with Crippen LogP contribution in [-0.4, -0.2) is 16.1 Å². The van der Waals surface area contributed by atoms with Crippen molar-refractivity contribution in [2.45, 2.75) is 39.0 Å². The van der Waals surface area contributed by atoms with Gasteiger partial charge in [0.15, 0.2) is 5.84 Å². The summed E-state index contributed by atoms with van der Waals surface area (Å²) in [5, 5.41) is 4.77. The third-order valence-electron chi connectivity index (χ3n) is 12.3. The Morgan fingerprint density at radius 2 is 1.23 bits per heavy atom. The van der Waals surface area contributed by atoms with Crippen LogP contribution in [0.4, 0.5) is 0 Å². The average Bonchev–Trinajstić information content (AvgIpc) is 3.84. The van der Waals surface area contributed by atoms with E-state index in [1.807, 2.05) is 6.07 Å². The van der Waals surface area contributed by atoms with Crippen molar-refractivity contribution >= 4 is 61.0 Å². The summed E-state index contributed by atoms with van der Waals surface area (Å²) in [7, 11) is 0. The molecule has 7 aromatic carbocycles. The van der Waals surface area contributed by atoms with Gasteiger partial charge in [-0.25, -0.2) is 9.98 Å². The Morgan fingerprint density at radius 3 is 1.98 bits per heavy atom. The number of allylic oxidation sites excluding steroid dienone is 1. The summed E-state index contributed by atoms with van der Waals surface area (Å²) in [5.41, 5.74) is 15.6. The predicted octanol–water partition coefficient (Wildman–Crippen LogP) is 13.7. The Kier molecular flexibility index (Phi) is 7.59. The number of rotatable bonds is 5. The van der Waals surface area contributed by atoms with Gasteiger partial charge in [0.05, 0.1) is 22.4 Å². The molecule has 3 heterocycles. The SMILES string of the molecule is CCC1/C=C(/c2ccccc2)N=C(c2ccccc2)N=C(c2ccc3oc4cc5c(cc4c3c2)-c2cc3c4ccccc4n(-c4ccccc4)c3cc2C5(C)C)C1. The van der Waals surface area contributed by atoms with Gasteiger partial charge >= 0.3 is 0 Å². The summed E-state index contributed by atoms with van der Waals surface area (Å²) in [5.74, 6) is 1.01. The largest absolute Gasteiger partial charge is 0.456 e. The van der Waals surface area contributed by atoms with E-state index in [2.05, 4.69) is 183 Å². The quantitative estimate of drug-likeness (QED) is 0.174. The first-order chi connectivity index (χ1) is 27.9. The molecule has 11 rings (SSSR count). The molecule has 2 aromatic heterocycles. The minimum absolute atomic E-state index is 0.211. The van der Waals surface area contributed by atoms with Gasteiger partial charge in [-0.05, 0) is 113 Å². The van der Waals surface area contributed by atoms with Crippen LogP contribution < -0.4 is 0 Å². The molecule has 1 unspecified atom stereocenters. The second-order valence-corrected chi connectivity index (χ2v) is 16.1. The van der Waals surface area contributed by atoms with E-state index in [4.69, 9.17) is 14.4 Å². The summed E-state index contributed by atoms with van der Waals surface area (Å²) in [4.78, 5) is 10.7. The van der Waals surface area contributed by atoms with Gasteiger partial charge in [0, 0.05) is 38.2 Å². The van der Waals surface area contributed by atoms with Crippen LogP contribution in [0.2, 0.25) is 0 Å². The molecule has 0 fully saturated rings. The molecule has 2 aliphatic rings. The normalized spacial score (nSPS) is 17.2. The van der Waals surface area contributed by atoms with Gasteiger partial charge < -0.3 is 8.98 Å². The second-order valence-electron chi connectivity index (χ2n) is 16.1. The molecule has 1 atom stereocenters. The molecule has 0 bridgehead atoms. The van der Waals surface area contributed by atoms with Crippen molar-refractivity contribution in [3.05, 3.63) is 192 Å². The molecular weight excluding hydrogens is 695 g/mol. The molecule has 1 aliphatic heterocycles. The van der Waals surface area contributed by atoms with E-state index in [-0.39, 0.29) is 11.3 Å². The molecule has 0 saturated carbocycles. The van der Waals surface area contributed by atoms with Gasteiger partial charge in [-0.3, -0.25) is 0 Å². The zero-order valence-electron chi connectivity index (χ0n) is 32.3. The highest BCUT2D eigenvalue weighted by Gasteiger charge is 2.37. The standard InChI is InChI=1S/C53H41N3O/c1-4-33-26-46(34-16-8-5-9-17-34)54-52(35-18-10-6-11-19-35)55-47(27-33)36-24-25-50-42(28-36)43-30-40-39-29-41-38-22-14-15-23-48(38)56(37-20-12-7-13-21-37)49(41)31-44(39)53(2,3)45(40)32-51(43)57-50/h5-26,28-33H,4,27H2,1-3H3/b46-26-,54-52?,55-47?. The van der Waals surface area contributed by atoms with E-state index >= 15 is 0 Å². The van der Waals surface area contributed by atoms with Crippen molar-refractivity contribution in [3.63, 3.8) is 0 Å². The first kappa shape index (κ1) is 33.5. The van der Waals surface area contributed by atoms with Crippen LogP contribution in [0, 0.1) is 5.92 Å². The number of hydrogen-bond donors (Lipinski definition) is 0. The van der Waals surface area contributed by atoms with E-state index < -0.39 is 0 Å². The lowest BCUT2D eigenvalue weighted by molar-refractivity contribution is 0.647. The van der Waals surface area contributed by atoms with E-state index in [9.17, 15) is 0 Å². The molecule has 4 nitrogen and oxygen atoms in total. The molecule has 0 amide bonds. The van der Waals surface area contributed by atoms with Gasteiger partial charge in [-0.2, -0.15) is 0 Å². The topological polar surface area (TPSA) is 42.8 Å². The summed E-state index contributed by atoms with van der Waals surface area (Å²) in [6.45, 7) is 6.96. The van der Waals surface area contributed by atoms with Crippen LogP contribution in [0.5, 0.6) is 0 Å². The van der Waals surface area contributed by atoms with Crippen molar-refractivity contribution in [1.82, 2.24) is 4.57 Å². The Balaban J connectivity index is 1.08. The van der Waals surface area contributed by atoms with Crippen molar-refractivity contribution in [2.75, 3.05) is 0 Å². The lowest BCUT2D eigenvalue weighted by Gasteiger charge is -2.21. The average molecular weight is 736 g/mol. The van der Waals surface area contributed by atoms with Crippen molar-refractivity contribution in [2.24, 2.45) is 15.9 Å². The van der Waals surface area contributed by atoms with Crippen LogP contribution in [0.25, 0.3) is 66.3 Å². The zero-order valence-corrected chi connectivity index (χ0v) is 32.3. The summed E-state index contributed by atoms with van der Waals surface area (Å²) in [6.07, 6.45) is 4.14. The fourth-order valence-electron chi connectivity index (χ4n) is 9.31. The van der Waals surface area contributed by atoms with Gasteiger partial charge in [-0.1, -0.05) is 124 Å². The summed E-state index contributed by atoms with van der Waals surface area (Å²) >= 11 is 0. The number of aliphatic imine (C=N–C) groups is 2. The first-order valence-corrected chi connectivity index (χ1v) is 20.1. The van der Waals surface area contributed by atoms with Crippen molar-refractivity contribution < 1.29 is 4.42 Å². The number of benzene rings is 7. The van der Waals surface area contributed by atoms with Crippen LogP contribution in [0.15, 0.2) is 178 Å². The maximum absolute atomic E-state index is 6.67. The van der Waals surface area contributed by atoms with Crippen molar-refractivity contribution in [3.8, 4) is 16.8 Å². The number of aromatic nitrogens is 1. The number of amidine groups is 1. The molecule has 9 aromatic rings. The molecule has 57 heavy (non-hydrogen) atoms. The number of furan rings is 1. The number of fused-ring (bicyclic) bond motifs is 9. The van der Waals surface area contributed by atoms with Crippen LogP contribution in [0.3, 0.4) is 0 Å². The van der Waals surface area contributed by atoms with Gasteiger partial charge in [-0.15, -0.1) is 0 Å². The molecular formula is C53H41N3O. The van der Waals surface area contributed by atoms with Crippen LogP contribution in [-0.2, 0) is 5.41 Å². The molecule has 0 spiro atoms. The lowest BCUT2D eigenvalue weighted by atomic mass is 9.82. The van der Waals surface area contributed by atoms with Crippen LogP contribution >= 0.6 is 0 Å². The van der Waals surface area contributed by atoms with E-state index in [1.54, 1.807) is 0 Å². The monoisotopic (exact) mass is 735 g/mol. The third-order valence-corrected chi connectivity index (χ3v) is 12.3. The highest BCUT2D eigenvalue weighted by atomic mass is 16.3. The Bertz CT molecular complexity index is 3140. The molecule has 0 N–H and O–H groups in total. The smallest absolute Gasteiger partial charge is 0.160 e. The maximum atomic E-state index is 6.67. The highest BCUT2D eigenvalue weighted by molar-refractivity contribution is 6.17. The predicted molar refractivity (Wildman–Crippen MR) is 238 cm³/mol. The Labute approximate surface area is 332 Å². The number of nitrogens with zero attached hydrogens (tertiary/aromatic N) is 3. The zero-order chi connectivity index (χ0) is 38.3. The fourth-order valence-corrected chi connectivity index (χ4v) is 9.31. The molecule has 0 radical (unpaired) electrons. The minimum Gasteiger partial charge on any atom is -0.456 e. The maximum Gasteiger partial charge on any atom is 0.160 e. The first-order valence-electron chi connectivity index (χ1n) is 20.1. The van der Waals surface area contributed by atoms with Gasteiger partial charge in [0.1, 0.15) is 11.2 Å². The van der Waals surface area contributed by atoms with Crippen molar-refractivity contribution in [1.29, 1.82) is 0 Å². The Hall–Kier alpha value is -6.78. The molecule has 0 saturated heterocycles. The fraction of sp³-hybridized carbons (Fsp3) is 0.132. The van der Waals surface area contributed by atoms with Crippen LogP contribution in [0.1, 0.15) is 61.4 Å². The minimum atomic E-state index is -0.211. The van der Waals surface area contributed by atoms with Gasteiger partial charge in [0.2, 0.25) is 0 Å². The Morgan fingerprint density at radius 1 is 0.579 bits per heavy atom. The number of para-hydroxylation sites is 2. The lowest BCUT2D eigenvalue weighted by Crippen LogP contribution is -2.15. The number of hydrogen-bond acceptors (Lipinski definition) is 3. The van der Waals surface area contributed by atoms with E-state index in [0.717, 1.165) is 68.7 Å². The molecule has 1 aliphatic carbocycles. The van der Waals surface area contributed by atoms with Gasteiger partial charge in [0.25, 0.3) is 0 Å². The van der Waals surface area contributed by atoms with E-state index in [1.165, 1.54) is 49.7 Å². The third kappa shape index (κ3) is 5.35. The molecule has 274 valence electrons. The summed E-state index contributed by atoms with van der Waals surface area (Å²) in [6, 6.07) is 56.5. The highest BCUT2D eigenvalue weighted by Crippen LogP contribution is 2.53. The second kappa shape index (κ2) is 12.9.